The van der Waals surface area contributed by atoms with E-state index in [-0.39, 0.29) is 6.04 Å². The van der Waals surface area contributed by atoms with Gasteiger partial charge in [-0.05, 0) is 28.8 Å². The molecule has 0 amide bonds. The van der Waals surface area contributed by atoms with Crippen molar-refractivity contribution in [2.45, 2.75) is 31.9 Å². The minimum Gasteiger partial charge on any atom is -0.366 e. The lowest BCUT2D eigenvalue weighted by Gasteiger charge is -2.22. The van der Waals surface area contributed by atoms with Gasteiger partial charge in [0.05, 0.1) is 6.10 Å². The van der Waals surface area contributed by atoms with E-state index in [1.165, 1.54) is 11.3 Å². The average molecular weight is 235 g/mol. The summed E-state index contributed by atoms with van der Waals surface area (Å²) in [7, 11) is 0. The molecule has 0 spiro atoms. The van der Waals surface area contributed by atoms with Crippen LogP contribution in [-0.4, -0.2) is 19.1 Å². The van der Waals surface area contributed by atoms with Crippen LogP contribution < -0.4 is 5.73 Å². The van der Waals surface area contributed by atoms with Crippen LogP contribution in [0.3, 0.4) is 0 Å². The van der Waals surface area contributed by atoms with Crippen molar-refractivity contribution in [3.63, 3.8) is 0 Å². The summed E-state index contributed by atoms with van der Waals surface area (Å²) in [5.74, 6) is 0. The summed E-state index contributed by atoms with van der Waals surface area (Å²) in [6, 6.07) is 1.62. The number of nitrogens with two attached hydrogens (primary N) is 1. The average Bonchev–Trinajstić information content (AvgIpc) is 2.70. The van der Waals surface area contributed by atoms with Crippen LogP contribution in [0.4, 0.5) is 8.78 Å². The lowest BCUT2D eigenvalue weighted by atomic mass is 10.0. The molecule has 2 nitrogen and oxygen atoms in total. The van der Waals surface area contributed by atoms with Crippen LogP contribution in [0.5, 0.6) is 0 Å². The van der Waals surface area contributed by atoms with Crippen molar-refractivity contribution in [1.29, 1.82) is 0 Å². The Bertz CT molecular complexity index is 266. The number of hydrogen-bond donors (Lipinski definition) is 1. The molecule has 0 radical (unpaired) electrons. The molecule has 0 aromatic carbocycles. The first-order valence-corrected chi connectivity index (χ1v) is 5.76. The van der Waals surface area contributed by atoms with E-state index >= 15 is 0 Å². The SMILES string of the molecule is CCC(N)C(OCC(F)F)c1ccsc1. The van der Waals surface area contributed by atoms with Gasteiger partial charge in [0.2, 0.25) is 0 Å². The van der Waals surface area contributed by atoms with Crippen molar-refractivity contribution in [1.82, 2.24) is 0 Å². The molecule has 1 rings (SSSR count). The smallest absolute Gasteiger partial charge is 0.261 e. The van der Waals surface area contributed by atoms with E-state index in [0.29, 0.717) is 6.42 Å². The van der Waals surface area contributed by atoms with E-state index in [9.17, 15) is 8.78 Å². The van der Waals surface area contributed by atoms with Crippen molar-refractivity contribution in [3.8, 4) is 0 Å². The van der Waals surface area contributed by atoms with Gasteiger partial charge < -0.3 is 10.5 Å². The Morgan fingerprint density at radius 3 is 2.73 bits per heavy atom. The topological polar surface area (TPSA) is 35.2 Å². The van der Waals surface area contributed by atoms with E-state index in [1.807, 2.05) is 23.8 Å². The Morgan fingerprint density at radius 1 is 1.53 bits per heavy atom. The molecule has 86 valence electrons. The normalized spacial score (nSPS) is 15.5. The van der Waals surface area contributed by atoms with E-state index in [1.54, 1.807) is 0 Å². The summed E-state index contributed by atoms with van der Waals surface area (Å²) < 4.78 is 29.2. The molecular weight excluding hydrogens is 220 g/mol. The highest BCUT2D eigenvalue weighted by Crippen LogP contribution is 2.24. The fraction of sp³-hybridized carbons (Fsp3) is 0.600. The van der Waals surface area contributed by atoms with Gasteiger partial charge in [0, 0.05) is 6.04 Å². The summed E-state index contributed by atoms with van der Waals surface area (Å²) in [6.45, 7) is 1.35. The van der Waals surface area contributed by atoms with Crippen molar-refractivity contribution in [2.75, 3.05) is 6.61 Å². The molecule has 0 bridgehead atoms. The summed E-state index contributed by atoms with van der Waals surface area (Å²) in [5.41, 5.74) is 6.71. The van der Waals surface area contributed by atoms with Gasteiger partial charge in [-0.3, -0.25) is 0 Å². The molecule has 0 fully saturated rings. The van der Waals surface area contributed by atoms with Gasteiger partial charge in [-0.2, -0.15) is 11.3 Å². The number of rotatable bonds is 6. The third kappa shape index (κ3) is 3.85. The fourth-order valence-electron chi connectivity index (χ4n) is 1.29. The number of halogens is 2. The predicted octanol–water partition coefficient (Wildman–Crippen LogP) is 2.81. The fourth-order valence-corrected chi connectivity index (χ4v) is 1.98. The van der Waals surface area contributed by atoms with Crippen LogP contribution in [-0.2, 0) is 4.74 Å². The van der Waals surface area contributed by atoms with Gasteiger partial charge >= 0.3 is 0 Å². The Balaban J connectivity index is 2.62. The van der Waals surface area contributed by atoms with Crippen LogP contribution >= 0.6 is 11.3 Å². The molecule has 0 saturated heterocycles. The summed E-state index contributed by atoms with van der Waals surface area (Å²) in [4.78, 5) is 0. The Morgan fingerprint density at radius 2 is 2.27 bits per heavy atom. The standard InChI is InChI=1S/C10H15F2NOS/c1-2-8(13)10(14-5-9(11)12)7-3-4-15-6-7/h3-4,6,8-10H,2,5,13H2,1H3. The van der Waals surface area contributed by atoms with Gasteiger partial charge in [0.1, 0.15) is 6.61 Å². The molecule has 0 aliphatic carbocycles. The number of alkyl halides is 2. The highest BCUT2D eigenvalue weighted by atomic mass is 32.1. The van der Waals surface area contributed by atoms with Crippen LogP contribution in [0.15, 0.2) is 16.8 Å². The summed E-state index contributed by atoms with van der Waals surface area (Å²) in [6.07, 6.45) is -2.17. The van der Waals surface area contributed by atoms with Crippen LogP contribution in [0, 0.1) is 0 Å². The van der Waals surface area contributed by atoms with Crippen molar-refractivity contribution in [3.05, 3.63) is 22.4 Å². The molecule has 2 N–H and O–H groups in total. The lowest BCUT2D eigenvalue weighted by molar-refractivity contribution is -0.0349. The van der Waals surface area contributed by atoms with Crippen molar-refractivity contribution >= 4 is 11.3 Å². The van der Waals surface area contributed by atoms with Crippen molar-refractivity contribution in [2.24, 2.45) is 5.73 Å². The Hall–Kier alpha value is -0.520. The van der Waals surface area contributed by atoms with Gasteiger partial charge in [0.15, 0.2) is 0 Å². The molecule has 1 aromatic heterocycles. The molecule has 0 saturated carbocycles. The molecular formula is C10H15F2NOS. The zero-order chi connectivity index (χ0) is 11.3. The van der Waals surface area contributed by atoms with E-state index < -0.39 is 19.1 Å². The number of hydrogen-bond acceptors (Lipinski definition) is 3. The third-order valence-corrected chi connectivity index (χ3v) is 2.84. The third-order valence-electron chi connectivity index (χ3n) is 2.13. The monoisotopic (exact) mass is 235 g/mol. The van der Waals surface area contributed by atoms with Crippen LogP contribution in [0.2, 0.25) is 0 Å². The molecule has 2 unspecified atom stereocenters. The first kappa shape index (κ1) is 12.5. The first-order chi connectivity index (χ1) is 7.15. The molecule has 1 aromatic rings. The second-order valence-corrected chi connectivity index (χ2v) is 4.05. The van der Waals surface area contributed by atoms with E-state index in [4.69, 9.17) is 10.5 Å². The maximum absolute atomic E-state index is 12.0. The van der Waals surface area contributed by atoms with E-state index in [2.05, 4.69) is 0 Å². The first-order valence-electron chi connectivity index (χ1n) is 4.82. The summed E-state index contributed by atoms with van der Waals surface area (Å²) >= 11 is 1.51. The Labute approximate surface area is 92.0 Å². The Kier molecular flexibility index (Phi) is 5.14. The van der Waals surface area contributed by atoms with Gasteiger partial charge in [-0.15, -0.1) is 0 Å². The molecule has 5 heteroatoms. The largest absolute Gasteiger partial charge is 0.366 e. The highest BCUT2D eigenvalue weighted by Gasteiger charge is 2.21. The zero-order valence-corrected chi connectivity index (χ0v) is 9.34. The van der Waals surface area contributed by atoms with E-state index in [0.717, 1.165) is 5.56 Å². The number of ether oxygens (including phenoxy) is 1. The quantitative estimate of drug-likeness (QED) is 0.823. The maximum Gasteiger partial charge on any atom is 0.261 e. The minimum absolute atomic E-state index is 0.238. The van der Waals surface area contributed by atoms with Gasteiger partial charge in [0.25, 0.3) is 6.43 Å². The maximum atomic E-state index is 12.0. The molecule has 15 heavy (non-hydrogen) atoms. The van der Waals surface area contributed by atoms with Gasteiger partial charge in [-0.1, -0.05) is 6.92 Å². The zero-order valence-electron chi connectivity index (χ0n) is 8.53. The number of thiophene rings is 1. The minimum atomic E-state index is -2.45. The van der Waals surface area contributed by atoms with Gasteiger partial charge in [-0.25, -0.2) is 8.78 Å². The molecule has 0 aliphatic rings. The van der Waals surface area contributed by atoms with Crippen molar-refractivity contribution < 1.29 is 13.5 Å². The molecule has 1 heterocycles. The van der Waals surface area contributed by atoms with Crippen LogP contribution in [0.1, 0.15) is 25.0 Å². The highest BCUT2D eigenvalue weighted by molar-refractivity contribution is 7.07. The second-order valence-electron chi connectivity index (χ2n) is 3.27. The lowest BCUT2D eigenvalue weighted by Crippen LogP contribution is -2.30. The summed E-state index contributed by atoms with van der Waals surface area (Å²) in [5, 5.41) is 3.77. The van der Waals surface area contributed by atoms with Crippen LogP contribution in [0.25, 0.3) is 0 Å². The predicted molar refractivity (Wildman–Crippen MR) is 57.3 cm³/mol. The molecule has 0 aliphatic heterocycles. The molecule has 2 atom stereocenters. The second kappa shape index (κ2) is 6.15.